The Hall–Kier alpha value is -3.52. The number of aryl methyl sites for hydroxylation is 1. The molecule has 0 aliphatic carbocycles. The molecule has 1 heterocycles. The van der Waals surface area contributed by atoms with Gasteiger partial charge in [-0.2, -0.15) is 0 Å². The van der Waals surface area contributed by atoms with Crippen molar-refractivity contribution in [1.82, 2.24) is 5.16 Å². The smallest absolute Gasteiger partial charge is 0.178 e. The van der Waals surface area contributed by atoms with Crippen LogP contribution in [0.2, 0.25) is 5.02 Å². The number of aromatic hydroxyl groups is 1. The standard InChI is InChI=1S/C23H18ClN2O5/c1-14-22(16-4-6-17(24)7-5-16)23(31-25-14)20-11-10-19(12-21(20)27)30-13-15-2-8-18(9-3-15)26(28)29/h2-12,27-28H,13H2,1H3/q-1. The van der Waals surface area contributed by atoms with Gasteiger partial charge in [0.1, 0.15) is 18.1 Å². The largest absolute Gasteiger partial charge is 0.733 e. The fourth-order valence-corrected chi connectivity index (χ4v) is 3.32. The Morgan fingerprint density at radius 3 is 2.42 bits per heavy atom. The molecular formula is C23H18ClN2O5-. The molecule has 158 valence electrons. The fraction of sp³-hybridized carbons (Fsp3) is 0.0870. The first kappa shape index (κ1) is 20.7. The van der Waals surface area contributed by atoms with E-state index in [4.69, 9.17) is 26.1 Å². The highest BCUT2D eigenvalue weighted by Crippen LogP contribution is 2.40. The van der Waals surface area contributed by atoms with Gasteiger partial charge >= 0.3 is 0 Å². The fourth-order valence-electron chi connectivity index (χ4n) is 3.19. The van der Waals surface area contributed by atoms with Gasteiger partial charge in [-0.3, -0.25) is 5.21 Å². The van der Waals surface area contributed by atoms with E-state index in [2.05, 4.69) is 5.16 Å². The number of aromatic nitrogens is 1. The predicted octanol–water partition coefficient (Wildman–Crippen LogP) is 5.95. The zero-order chi connectivity index (χ0) is 22.0. The monoisotopic (exact) mass is 437 g/mol. The second-order valence-corrected chi connectivity index (χ2v) is 7.32. The minimum atomic E-state index is -0.203. The molecule has 0 atom stereocenters. The Balaban J connectivity index is 1.55. The average molecular weight is 438 g/mol. The van der Waals surface area contributed by atoms with Gasteiger partial charge in [0.25, 0.3) is 0 Å². The second-order valence-electron chi connectivity index (χ2n) is 6.89. The second kappa shape index (κ2) is 8.69. The molecule has 4 aromatic rings. The number of anilines is 1. The van der Waals surface area contributed by atoms with Crippen LogP contribution in [0.25, 0.3) is 22.5 Å². The molecule has 4 rings (SSSR count). The van der Waals surface area contributed by atoms with E-state index in [0.29, 0.717) is 27.8 Å². The van der Waals surface area contributed by atoms with Crippen LogP contribution in [0.5, 0.6) is 11.5 Å². The molecule has 1 aromatic heterocycles. The van der Waals surface area contributed by atoms with Crippen LogP contribution in [0.4, 0.5) is 5.69 Å². The van der Waals surface area contributed by atoms with E-state index in [-0.39, 0.29) is 23.3 Å². The number of halogens is 1. The highest BCUT2D eigenvalue weighted by molar-refractivity contribution is 6.30. The van der Waals surface area contributed by atoms with Crippen molar-refractivity contribution in [2.24, 2.45) is 0 Å². The summed E-state index contributed by atoms with van der Waals surface area (Å²) in [6.45, 7) is 2.06. The van der Waals surface area contributed by atoms with Crippen LogP contribution in [-0.4, -0.2) is 15.5 Å². The van der Waals surface area contributed by atoms with Gasteiger partial charge in [0.2, 0.25) is 0 Å². The summed E-state index contributed by atoms with van der Waals surface area (Å²) in [7, 11) is 0. The molecule has 0 saturated heterocycles. The third kappa shape index (κ3) is 4.49. The zero-order valence-corrected chi connectivity index (χ0v) is 17.2. The van der Waals surface area contributed by atoms with Crippen molar-refractivity contribution in [1.29, 1.82) is 0 Å². The normalized spacial score (nSPS) is 10.8. The molecule has 3 aromatic carbocycles. The molecule has 8 heteroatoms. The van der Waals surface area contributed by atoms with Gasteiger partial charge in [0.15, 0.2) is 5.76 Å². The summed E-state index contributed by atoms with van der Waals surface area (Å²) in [5.41, 5.74) is 3.76. The van der Waals surface area contributed by atoms with Crippen LogP contribution in [0.1, 0.15) is 11.3 Å². The Labute approximate surface area is 183 Å². The van der Waals surface area contributed by atoms with Crippen LogP contribution in [-0.2, 0) is 6.61 Å². The molecule has 0 spiro atoms. The van der Waals surface area contributed by atoms with E-state index in [9.17, 15) is 10.3 Å². The Morgan fingerprint density at radius 1 is 1.06 bits per heavy atom. The van der Waals surface area contributed by atoms with Gasteiger partial charge in [0.05, 0.1) is 22.5 Å². The summed E-state index contributed by atoms with van der Waals surface area (Å²) in [4.78, 5) is 0. The summed E-state index contributed by atoms with van der Waals surface area (Å²) in [6, 6.07) is 18.5. The topological polar surface area (TPSA) is 102 Å². The molecule has 0 aliphatic rings. The third-order valence-electron chi connectivity index (χ3n) is 4.77. The van der Waals surface area contributed by atoms with Gasteiger partial charge in [-0.15, -0.1) is 0 Å². The Kier molecular flexibility index (Phi) is 5.81. The number of hydrogen-bond acceptors (Lipinski definition) is 7. The van der Waals surface area contributed by atoms with Crippen LogP contribution in [0.3, 0.4) is 0 Å². The number of hydrogen-bond donors (Lipinski definition) is 2. The van der Waals surface area contributed by atoms with Crippen molar-refractivity contribution in [3.8, 4) is 33.9 Å². The number of benzene rings is 3. The molecule has 31 heavy (non-hydrogen) atoms. The lowest BCUT2D eigenvalue weighted by molar-refractivity contribution is 0.295. The van der Waals surface area contributed by atoms with Crippen molar-refractivity contribution < 1.29 is 19.6 Å². The molecule has 0 amide bonds. The van der Waals surface area contributed by atoms with E-state index in [1.807, 2.05) is 19.1 Å². The van der Waals surface area contributed by atoms with Crippen LogP contribution < -0.4 is 9.96 Å². The van der Waals surface area contributed by atoms with E-state index in [1.54, 1.807) is 36.4 Å². The summed E-state index contributed by atoms with van der Waals surface area (Å²) in [6.07, 6.45) is 0. The van der Waals surface area contributed by atoms with E-state index in [0.717, 1.165) is 16.7 Å². The number of nitrogens with zero attached hydrogens (tertiary/aromatic N) is 2. The summed E-state index contributed by atoms with van der Waals surface area (Å²) in [5.74, 6) is 0.898. The molecule has 2 N–H and O–H groups in total. The van der Waals surface area contributed by atoms with Crippen molar-refractivity contribution in [3.63, 3.8) is 0 Å². The van der Waals surface area contributed by atoms with Crippen LogP contribution in [0, 0.1) is 12.1 Å². The van der Waals surface area contributed by atoms with Gasteiger partial charge in [-0.1, -0.05) is 41.0 Å². The van der Waals surface area contributed by atoms with Gasteiger partial charge in [-0.05, 0) is 54.4 Å². The summed E-state index contributed by atoms with van der Waals surface area (Å²) in [5, 5.41) is 34.8. The van der Waals surface area contributed by atoms with Crippen molar-refractivity contribution in [3.05, 3.63) is 88.2 Å². The molecule has 0 bridgehead atoms. The molecule has 0 radical (unpaired) electrons. The lowest BCUT2D eigenvalue weighted by atomic mass is 9.99. The number of rotatable bonds is 6. The molecule has 0 unspecified atom stereocenters. The predicted molar refractivity (Wildman–Crippen MR) is 117 cm³/mol. The Bertz CT molecular complexity index is 1190. The first-order chi connectivity index (χ1) is 14.9. The van der Waals surface area contributed by atoms with Crippen molar-refractivity contribution in [2.75, 3.05) is 5.23 Å². The van der Waals surface area contributed by atoms with Gasteiger partial charge in [-0.25, -0.2) is 0 Å². The zero-order valence-electron chi connectivity index (χ0n) is 16.4. The maximum Gasteiger partial charge on any atom is 0.178 e. The minimum absolute atomic E-state index is 0.0125. The highest BCUT2D eigenvalue weighted by Gasteiger charge is 2.20. The molecule has 0 fully saturated rings. The lowest BCUT2D eigenvalue weighted by Crippen LogP contribution is -2.06. The number of phenols is 1. The summed E-state index contributed by atoms with van der Waals surface area (Å²) < 4.78 is 11.2. The number of ether oxygens (including phenoxy) is 1. The molecule has 0 saturated carbocycles. The quantitative estimate of drug-likeness (QED) is 0.359. The highest BCUT2D eigenvalue weighted by atomic mass is 35.5. The maximum atomic E-state index is 10.8. The van der Waals surface area contributed by atoms with Gasteiger partial charge < -0.3 is 24.8 Å². The average Bonchev–Trinajstić information content (AvgIpc) is 3.14. The maximum absolute atomic E-state index is 10.8. The third-order valence-corrected chi connectivity index (χ3v) is 5.02. The first-order valence-electron chi connectivity index (χ1n) is 9.36. The van der Waals surface area contributed by atoms with Gasteiger partial charge in [0, 0.05) is 11.1 Å². The molecular weight excluding hydrogens is 420 g/mol. The summed E-state index contributed by atoms with van der Waals surface area (Å²) >= 11 is 5.99. The first-order valence-corrected chi connectivity index (χ1v) is 9.73. The van der Waals surface area contributed by atoms with Crippen LogP contribution >= 0.6 is 11.6 Å². The van der Waals surface area contributed by atoms with E-state index in [1.165, 1.54) is 18.2 Å². The van der Waals surface area contributed by atoms with Crippen molar-refractivity contribution in [2.45, 2.75) is 13.5 Å². The Morgan fingerprint density at radius 2 is 1.77 bits per heavy atom. The van der Waals surface area contributed by atoms with E-state index < -0.39 is 0 Å². The molecule has 0 aliphatic heterocycles. The SMILES string of the molecule is Cc1noc(-c2ccc(OCc3ccc(N([O-])O)cc3)cc2O)c1-c1ccc(Cl)cc1. The molecule has 7 nitrogen and oxygen atoms in total. The van der Waals surface area contributed by atoms with Crippen LogP contribution in [0.15, 0.2) is 71.3 Å². The number of phenolic OH excluding ortho intramolecular Hbond substituents is 1. The lowest BCUT2D eigenvalue weighted by Gasteiger charge is -2.21. The van der Waals surface area contributed by atoms with E-state index >= 15 is 0 Å². The minimum Gasteiger partial charge on any atom is -0.733 e. The van der Waals surface area contributed by atoms with Crippen molar-refractivity contribution >= 4 is 17.3 Å².